The maximum Gasteiger partial charge on any atom is 0.358 e. The fourth-order valence-electron chi connectivity index (χ4n) is 3.08. The van der Waals surface area contributed by atoms with Crippen molar-refractivity contribution in [2.75, 3.05) is 0 Å². The van der Waals surface area contributed by atoms with E-state index in [0.717, 1.165) is 0 Å². The number of carboxylic acid groups (broad SMARTS) is 1. The van der Waals surface area contributed by atoms with Crippen LogP contribution < -0.4 is 0 Å². The molecule has 0 aliphatic heterocycles. The van der Waals surface area contributed by atoms with Crippen molar-refractivity contribution >= 4 is 22.6 Å². The van der Waals surface area contributed by atoms with E-state index in [1.165, 1.54) is 47.1 Å². The zero-order valence-electron chi connectivity index (χ0n) is 14.9. The van der Waals surface area contributed by atoms with Crippen LogP contribution in [0.15, 0.2) is 48.5 Å². The summed E-state index contributed by atoms with van der Waals surface area (Å²) >= 11 is 0. The lowest BCUT2D eigenvalue weighted by molar-refractivity contribution is -0.384. The predicted molar refractivity (Wildman–Crippen MR) is 100 cm³/mol. The molecule has 0 spiro atoms. The molecule has 0 bridgehead atoms. The van der Waals surface area contributed by atoms with Crippen LogP contribution in [0.1, 0.15) is 16.2 Å². The van der Waals surface area contributed by atoms with Crippen molar-refractivity contribution in [1.29, 1.82) is 0 Å². The van der Waals surface area contributed by atoms with Gasteiger partial charge in [-0.15, -0.1) is 5.10 Å². The lowest BCUT2D eigenvalue weighted by atomic mass is 10.1. The number of halogens is 1. The molecule has 0 radical (unpaired) electrons. The fraction of sp³-hybridized carbons (Fsp3) is 0.0526. The molecule has 0 unspecified atom stereocenters. The number of nitro groups is 1. The van der Waals surface area contributed by atoms with Crippen LogP contribution in [0.2, 0.25) is 0 Å². The first kappa shape index (κ1) is 18.2. The molecule has 4 aromatic rings. The standard InChI is InChI=1S/C19H12FN5O4/c1-10-8-16(14-9-12(20)4-7-15(14)21-10)24-18(17(19(26)27)22-23-24)11-2-5-13(6-3-11)25(28)29/h2-9H,1H3,(H,26,27). The van der Waals surface area contributed by atoms with Gasteiger partial charge >= 0.3 is 5.97 Å². The van der Waals surface area contributed by atoms with Crippen LogP contribution in [0.4, 0.5) is 10.1 Å². The summed E-state index contributed by atoms with van der Waals surface area (Å²) in [7, 11) is 0. The monoisotopic (exact) mass is 393 g/mol. The molecule has 9 nitrogen and oxygen atoms in total. The molecule has 0 saturated heterocycles. The van der Waals surface area contributed by atoms with Crippen molar-refractivity contribution in [2.24, 2.45) is 0 Å². The summed E-state index contributed by atoms with van der Waals surface area (Å²) in [6, 6.07) is 11.0. The molecule has 0 fully saturated rings. The van der Waals surface area contributed by atoms with E-state index in [1.54, 1.807) is 13.0 Å². The third-order valence-corrected chi connectivity index (χ3v) is 4.33. The van der Waals surface area contributed by atoms with Crippen molar-refractivity contribution in [1.82, 2.24) is 20.0 Å². The first-order chi connectivity index (χ1) is 13.8. The quantitative estimate of drug-likeness (QED) is 0.415. The van der Waals surface area contributed by atoms with E-state index in [4.69, 9.17) is 0 Å². The number of nitro benzene ring substituents is 1. The summed E-state index contributed by atoms with van der Waals surface area (Å²) in [6.07, 6.45) is 0. The van der Waals surface area contributed by atoms with Gasteiger partial charge < -0.3 is 5.11 Å². The van der Waals surface area contributed by atoms with Gasteiger partial charge in [0.25, 0.3) is 5.69 Å². The molecule has 2 heterocycles. The molecule has 2 aromatic carbocycles. The maximum absolute atomic E-state index is 13.9. The van der Waals surface area contributed by atoms with Gasteiger partial charge in [-0.05, 0) is 43.3 Å². The lowest BCUT2D eigenvalue weighted by Gasteiger charge is -2.11. The number of hydrogen-bond acceptors (Lipinski definition) is 6. The summed E-state index contributed by atoms with van der Waals surface area (Å²) < 4.78 is 15.2. The van der Waals surface area contributed by atoms with Crippen LogP contribution in [0.25, 0.3) is 27.8 Å². The van der Waals surface area contributed by atoms with Gasteiger partial charge in [0, 0.05) is 28.8 Å². The molecular weight excluding hydrogens is 381 g/mol. The van der Waals surface area contributed by atoms with Crippen LogP contribution >= 0.6 is 0 Å². The number of carbonyl (C=O) groups is 1. The first-order valence-corrected chi connectivity index (χ1v) is 8.36. The molecule has 0 saturated carbocycles. The van der Waals surface area contributed by atoms with Crippen molar-refractivity contribution in [3.63, 3.8) is 0 Å². The second-order valence-electron chi connectivity index (χ2n) is 6.25. The highest BCUT2D eigenvalue weighted by Crippen LogP contribution is 2.30. The van der Waals surface area contributed by atoms with Gasteiger partial charge in [-0.2, -0.15) is 0 Å². The smallest absolute Gasteiger partial charge is 0.358 e. The highest BCUT2D eigenvalue weighted by Gasteiger charge is 2.23. The van der Waals surface area contributed by atoms with Crippen LogP contribution in [0.5, 0.6) is 0 Å². The van der Waals surface area contributed by atoms with E-state index in [9.17, 15) is 24.4 Å². The number of pyridine rings is 1. The molecular formula is C19H12FN5O4. The Morgan fingerprint density at radius 2 is 1.90 bits per heavy atom. The zero-order valence-corrected chi connectivity index (χ0v) is 14.9. The number of rotatable bonds is 4. The number of nitrogens with zero attached hydrogens (tertiary/aromatic N) is 5. The normalized spacial score (nSPS) is 11.0. The second-order valence-corrected chi connectivity index (χ2v) is 6.25. The average Bonchev–Trinajstić information content (AvgIpc) is 3.13. The summed E-state index contributed by atoms with van der Waals surface area (Å²) in [5.74, 6) is -1.80. The second kappa shape index (κ2) is 6.75. The van der Waals surface area contributed by atoms with E-state index < -0.39 is 16.7 Å². The molecule has 0 aliphatic rings. The maximum atomic E-state index is 13.9. The lowest BCUT2D eigenvalue weighted by Crippen LogP contribution is -2.05. The minimum Gasteiger partial charge on any atom is -0.476 e. The third-order valence-electron chi connectivity index (χ3n) is 4.33. The molecule has 1 N–H and O–H groups in total. The number of aryl methyl sites for hydroxylation is 1. The van der Waals surface area contributed by atoms with Crippen molar-refractivity contribution < 1.29 is 19.2 Å². The number of aromatic carboxylic acids is 1. The van der Waals surface area contributed by atoms with Gasteiger partial charge in [-0.3, -0.25) is 15.1 Å². The zero-order chi connectivity index (χ0) is 20.7. The Bertz CT molecular complexity index is 1280. The number of fused-ring (bicyclic) bond motifs is 1. The fourth-order valence-corrected chi connectivity index (χ4v) is 3.08. The number of non-ortho nitro benzene ring substituents is 1. The average molecular weight is 393 g/mol. The van der Waals surface area contributed by atoms with Crippen molar-refractivity contribution in [3.05, 3.63) is 75.9 Å². The number of aromatic nitrogens is 4. The Morgan fingerprint density at radius 1 is 1.17 bits per heavy atom. The molecule has 4 rings (SSSR count). The van der Waals surface area contributed by atoms with Crippen molar-refractivity contribution in [3.8, 4) is 16.9 Å². The van der Waals surface area contributed by atoms with E-state index >= 15 is 0 Å². The molecule has 10 heteroatoms. The summed E-state index contributed by atoms with van der Waals surface area (Å²) in [4.78, 5) is 26.4. The Kier molecular flexibility index (Phi) is 4.23. The topological polar surface area (TPSA) is 124 Å². The minimum absolute atomic E-state index is 0.114. The van der Waals surface area contributed by atoms with Gasteiger partial charge in [-0.1, -0.05) is 5.21 Å². The molecule has 0 aliphatic carbocycles. The third kappa shape index (κ3) is 3.16. The van der Waals surface area contributed by atoms with Gasteiger partial charge in [0.1, 0.15) is 11.5 Å². The predicted octanol–water partition coefficient (Wildman–Crippen LogP) is 3.54. The molecule has 144 valence electrons. The first-order valence-electron chi connectivity index (χ1n) is 8.36. The Morgan fingerprint density at radius 3 is 2.55 bits per heavy atom. The van der Waals surface area contributed by atoms with Crippen molar-refractivity contribution in [2.45, 2.75) is 6.92 Å². The van der Waals surface area contributed by atoms with Crippen LogP contribution in [-0.2, 0) is 0 Å². The SMILES string of the molecule is Cc1cc(-n2nnc(C(=O)O)c2-c2ccc([N+](=O)[O-])cc2)c2cc(F)ccc2n1. The summed E-state index contributed by atoms with van der Waals surface area (Å²) in [6.45, 7) is 1.74. The van der Waals surface area contributed by atoms with Crippen LogP contribution in [0.3, 0.4) is 0 Å². The highest BCUT2D eigenvalue weighted by molar-refractivity contribution is 5.94. The minimum atomic E-state index is -1.31. The molecule has 2 aromatic heterocycles. The van der Waals surface area contributed by atoms with E-state index in [2.05, 4.69) is 15.3 Å². The van der Waals surface area contributed by atoms with E-state index in [0.29, 0.717) is 27.8 Å². The van der Waals surface area contributed by atoms with Gasteiger partial charge in [0.2, 0.25) is 0 Å². The molecule has 0 atom stereocenters. The Balaban J connectivity index is 2.01. The van der Waals surface area contributed by atoms with Crippen LogP contribution in [0, 0.1) is 22.9 Å². The van der Waals surface area contributed by atoms with Gasteiger partial charge in [0.15, 0.2) is 5.69 Å². The van der Waals surface area contributed by atoms with Crippen LogP contribution in [-0.4, -0.2) is 36.0 Å². The summed E-state index contributed by atoms with van der Waals surface area (Å²) in [5.41, 5.74) is 1.50. The van der Waals surface area contributed by atoms with E-state index in [1.807, 2.05) is 0 Å². The summed E-state index contributed by atoms with van der Waals surface area (Å²) in [5, 5.41) is 28.6. The molecule has 29 heavy (non-hydrogen) atoms. The van der Waals surface area contributed by atoms with Gasteiger partial charge in [0.05, 0.1) is 16.1 Å². The van der Waals surface area contributed by atoms with Gasteiger partial charge in [-0.25, -0.2) is 13.9 Å². The number of carboxylic acids is 1. The Labute approximate surface area is 162 Å². The Hall–Kier alpha value is -4.21. The number of benzene rings is 2. The number of hydrogen-bond donors (Lipinski definition) is 1. The highest BCUT2D eigenvalue weighted by atomic mass is 19.1. The largest absolute Gasteiger partial charge is 0.476 e. The van der Waals surface area contributed by atoms with E-state index in [-0.39, 0.29) is 17.1 Å². The molecule has 0 amide bonds.